The Morgan fingerprint density at radius 3 is 2.42 bits per heavy atom. The highest BCUT2D eigenvalue weighted by atomic mass is 35.5. The molecule has 0 spiro atoms. The Kier molecular flexibility index (Phi) is 4.69. The first kappa shape index (κ1) is 19.9. The van der Waals surface area contributed by atoms with Gasteiger partial charge in [-0.05, 0) is 42.0 Å². The van der Waals surface area contributed by atoms with Gasteiger partial charge in [0.2, 0.25) is 0 Å². The Morgan fingerprint density at radius 2 is 1.71 bits per heavy atom. The van der Waals surface area contributed by atoms with E-state index in [4.69, 9.17) is 39.2 Å². The molecule has 0 N–H and O–H groups in total. The van der Waals surface area contributed by atoms with Crippen LogP contribution in [0.5, 0.6) is 0 Å². The number of aryl methyl sites for hydroxylation is 1. The third kappa shape index (κ3) is 3.26. The topological polar surface area (TPSA) is 74.4 Å². The predicted molar refractivity (Wildman–Crippen MR) is 120 cm³/mol. The zero-order chi connectivity index (χ0) is 21.9. The van der Waals surface area contributed by atoms with Crippen molar-refractivity contribution >= 4 is 51.8 Å². The van der Waals surface area contributed by atoms with Crippen molar-refractivity contribution in [1.82, 2.24) is 18.5 Å². The first-order valence-electron chi connectivity index (χ1n) is 9.15. The van der Waals surface area contributed by atoms with E-state index in [1.165, 1.54) is 4.57 Å². The minimum atomic E-state index is -0.512. The Balaban J connectivity index is 1.72. The summed E-state index contributed by atoms with van der Waals surface area (Å²) in [4.78, 5) is 30.5. The van der Waals surface area contributed by atoms with Crippen LogP contribution in [0.4, 0.5) is 0 Å². The molecule has 31 heavy (non-hydrogen) atoms. The van der Waals surface area contributed by atoms with Crippen LogP contribution in [0.1, 0.15) is 5.56 Å². The van der Waals surface area contributed by atoms with E-state index in [0.717, 1.165) is 10.1 Å². The molecule has 0 radical (unpaired) electrons. The van der Waals surface area contributed by atoms with Gasteiger partial charge in [0.15, 0.2) is 16.9 Å². The van der Waals surface area contributed by atoms with Gasteiger partial charge in [-0.1, -0.05) is 40.9 Å². The summed E-state index contributed by atoms with van der Waals surface area (Å²) in [6, 6.07) is 12.0. The fourth-order valence-electron chi connectivity index (χ4n) is 3.46. The van der Waals surface area contributed by atoms with Gasteiger partial charge in [0, 0.05) is 27.7 Å². The maximum atomic E-state index is 13.3. The van der Waals surface area contributed by atoms with Gasteiger partial charge in [0.25, 0.3) is 5.56 Å². The van der Waals surface area contributed by atoms with Crippen LogP contribution in [0.3, 0.4) is 0 Å². The molecule has 7 nitrogen and oxygen atoms in total. The fourth-order valence-corrected chi connectivity index (χ4v) is 4.05. The Hall–Kier alpha value is -3.00. The molecule has 0 bridgehead atoms. The summed E-state index contributed by atoms with van der Waals surface area (Å²) < 4.78 is 9.79. The highest BCUT2D eigenvalue weighted by molar-refractivity contribution is 6.35. The van der Waals surface area contributed by atoms with Crippen LogP contribution in [0, 0.1) is 0 Å². The quantitative estimate of drug-likeness (QED) is 0.382. The van der Waals surface area contributed by atoms with Crippen LogP contribution in [0.25, 0.3) is 28.3 Å². The van der Waals surface area contributed by atoms with Gasteiger partial charge in [-0.2, -0.15) is 4.98 Å². The van der Waals surface area contributed by atoms with E-state index >= 15 is 0 Å². The minimum absolute atomic E-state index is 0.00737. The summed E-state index contributed by atoms with van der Waals surface area (Å²) in [5.41, 5.74) is 0.823. The number of rotatable bonds is 3. The predicted octanol–water partition coefficient (Wildman–Crippen LogP) is 4.62. The zero-order valence-electron chi connectivity index (χ0n) is 16.0. The van der Waals surface area contributed by atoms with Crippen LogP contribution >= 0.6 is 34.8 Å². The number of aromatic nitrogens is 4. The van der Waals surface area contributed by atoms with Crippen LogP contribution in [0.2, 0.25) is 15.1 Å². The fraction of sp³-hybridized carbons (Fsp3) is 0.0952. The molecule has 2 aromatic carbocycles. The second-order valence-corrected chi connectivity index (χ2v) is 8.29. The number of halogens is 3. The lowest BCUT2D eigenvalue weighted by molar-refractivity contribution is 0.610. The van der Waals surface area contributed by atoms with Crippen molar-refractivity contribution < 1.29 is 4.42 Å². The molecule has 156 valence electrons. The van der Waals surface area contributed by atoms with Gasteiger partial charge < -0.3 is 4.42 Å². The Bertz CT molecular complexity index is 1590. The average Bonchev–Trinajstić information content (AvgIpc) is 3.30. The van der Waals surface area contributed by atoms with Crippen LogP contribution < -0.4 is 11.2 Å². The second kappa shape index (κ2) is 7.30. The number of oxazole rings is 1. The van der Waals surface area contributed by atoms with Crippen molar-refractivity contribution in [1.29, 1.82) is 0 Å². The summed E-state index contributed by atoms with van der Waals surface area (Å²) in [5.74, 6) is 0.718. The van der Waals surface area contributed by atoms with E-state index in [1.807, 2.05) is 0 Å². The standard InChI is InChI=1S/C21H13Cl3N4O3/c1-26-18-17(19(29)28(21(26)30)9-12-4-7-14(23)8-15(12)24)27-10-16(31-20(27)25-18)11-2-5-13(22)6-3-11/h2-8,10H,9H2,1H3. The number of nitrogens with zero attached hydrogens (tertiary/aromatic N) is 4. The molecule has 5 aromatic rings. The smallest absolute Gasteiger partial charge is 0.332 e. The molecule has 0 aliphatic heterocycles. The summed E-state index contributed by atoms with van der Waals surface area (Å²) in [6.45, 7) is -0.00737. The molecule has 0 aliphatic rings. The van der Waals surface area contributed by atoms with E-state index in [2.05, 4.69) is 4.98 Å². The maximum Gasteiger partial charge on any atom is 0.332 e. The summed E-state index contributed by atoms with van der Waals surface area (Å²) >= 11 is 18.1. The number of fused-ring (bicyclic) bond motifs is 3. The maximum absolute atomic E-state index is 13.3. The number of hydrogen-bond donors (Lipinski definition) is 0. The third-order valence-electron chi connectivity index (χ3n) is 5.06. The van der Waals surface area contributed by atoms with Crippen molar-refractivity contribution in [3.8, 4) is 11.3 Å². The molecule has 5 rings (SSSR count). The number of hydrogen-bond acceptors (Lipinski definition) is 4. The van der Waals surface area contributed by atoms with Crippen molar-refractivity contribution in [2.75, 3.05) is 0 Å². The molecule has 0 saturated carbocycles. The van der Waals surface area contributed by atoms with E-state index in [-0.39, 0.29) is 23.6 Å². The molecule has 3 aromatic heterocycles. The van der Waals surface area contributed by atoms with E-state index < -0.39 is 11.2 Å². The van der Waals surface area contributed by atoms with Crippen molar-refractivity contribution in [2.45, 2.75) is 6.54 Å². The largest absolute Gasteiger partial charge is 0.423 e. The van der Waals surface area contributed by atoms with Crippen molar-refractivity contribution in [3.63, 3.8) is 0 Å². The lowest BCUT2D eigenvalue weighted by Crippen LogP contribution is -2.39. The average molecular weight is 476 g/mol. The van der Waals surface area contributed by atoms with E-state index in [1.54, 1.807) is 60.1 Å². The van der Waals surface area contributed by atoms with Gasteiger partial charge in [-0.25, -0.2) is 4.79 Å². The van der Waals surface area contributed by atoms with Gasteiger partial charge >= 0.3 is 11.5 Å². The summed E-state index contributed by atoms with van der Waals surface area (Å²) in [7, 11) is 1.55. The zero-order valence-corrected chi connectivity index (χ0v) is 18.2. The molecular weight excluding hydrogens is 463 g/mol. The van der Waals surface area contributed by atoms with Gasteiger partial charge in [0.05, 0.1) is 12.7 Å². The van der Waals surface area contributed by atoms with E-state index in [9.17, 15) is 9.59 Å². The molecule has 0 atom stereocenters. The summed E-state index contributed by atoms with van der Waals surface area (Å²) in [6.07, 6.45) is 1.67. The molecule has 0 aliphatic carbocycles. The first-order chi connectivity index (χ1) is 14.8. The van der Waals surface area contributed by atoms with Gasteiger partial charge in [-0.15, -0.1) is 0 Å². The second-order valence-electron chi connectivity index (χ2n) is 7.01. The Labute approximate surface area is 189 Å². The molecule has 0 unspecified atom stereocenters. The normalized spacial score (nSPS) is 11.6. The Morgan fingerprint density at radius 1 is 1.00 bits per heavy atom. The van der Waals surface area contributed by atoms with Crippen molar-refractivity contribution in [2.24, 2.45) is 7.05 Å². The monoisotopic (exact) mass is 474 g/mol. The van der Waals surface area contributed by atoms with Crippen LogP contribution in [-0.2, 0) is 13.6 Å². The SMILES string of the molecule is Cn1c(=O)n(Cc2ccc(Cl)cc2Cl)c(=O)c2c1nc1oc(-c3ccc(Cl)cc3)cn12. The lowest BCUT2D eigenvalue weighted by atomic mass is 10.2. The van der Waals surface area contributed by atoms with Crippen LogP contribution in [0.15, 0.2) is 62.7 Å². The highest BCUT2D eigenvalue weighted by Gasteiger charge is 2.20. The summed E-state index contributed by atoms with van der Waals surface area (Å²) in [5, 5.41) is 1.44. The number of imidazole rings is 1. The molecule has 3 heterocycles. The van der Waals surface area contributed by atoms with Crippen LogP contribution in [-0.4, -0.2) is 18.5 Å². The molecule has 0 saturated heterocycles. The van der Waals surface area contributed by atoms with Crippen molar-refractivity contribution in [3.05, 3.63) is 90.1 Å². The molecule has 10 heteroatoms. The lowest BCUT2D eigenvalue weighted by Gasteiger charge is -2.09. The minimum Gasteiger partial charge on any atom is -0.423 e. The molecular formula is C21H13Cl3N4O3. The third-order valence-corrected chi connectivity index (χ3v) is 5.90. The molecule has 0 fully saturated rings. The number of benzene rings is 2. The molecule has 0 amide bonds. The van der Waals surface area contributed by atoms with Gasteiger partial charge in [-0.3, -0.25) is 18.3 Å². The highest BCUT2D eigenvalue weighted by Crippen LogP contribution is 2.26. The van der Waals surface area contributed by atoms with E-state index in [0.29, 0.717) is 26.4 Å². The first-order valence-corrected chi connectivity index (χ1v) is 10.3. The van der Waals surface area contributed by atoms with Gasteiger partial charge in [0.1, 0.15) is 0 Å².